The molecule has 0 saturated heterocycles. The second kappa shape index (κ2) is 2.55. The normalized spacial score (nSPS) is 10.5. The van der Waals surface area contributed by atoms with Crippen LogP contribution in [0.1, 0.15) is 16.1 Å². The van der Waals surface area contributed by atoms with Gasteiger partial charge in [-0.15, -0.1) is 0 Å². The van der Waals surface area contributed by atoms with Crippen LogP contribution in [-0.4, -0.2) is 21.2 Å². The van der Waals surface area contributed by atoms with Gasteiger partial charge in [0.1, 0.15) is 11.0 Å². The molecule has 13 heavy (non-hydrogen) atoms. The van der Waals surface area contributed by atoms with Gasteiger partial charge >= 0.3 is 0 Å². The predicted molar refractivity (Wildman–Crippen MR) is 46.8 cm³/mol. The average molecular weight is 177 g/mol. The van der Waals surface area contributed by atoms with Gasteiger partial charge in [0, 0.05) is 5.69 Å². The summed E-state index contributed by atoms with van der Waals surface area (Å²) in [4.78, 5) is 31.0. The van der Waals surface area contributed by atoms with Crippen molar-refractivity contribution in [1.82, 2.24) is 15.0 Å². The Kier molecular flexibility index (Phi) is 1.51. The van der Waals surface area contributed by atoms with Gasteiger partial charge in [-0.1, -0.05) is 0 Å². The third-order valence-corrected chi connectivity index (χ3v) is 1.94. The molecule has 0 unspecified atom stereocenters. The van der Waals surface area contributed by atoms with Gasteiger partial charge in [0.25, 0.3) is 5.56 Å². The van der Waals surface area contributed by atoms with E-state index in [9.17, 15) is 9.59 Å². The molecule has 5 nitrogen and oxygen atoms in total. The maximum absolute atomic E-state index is 11.2. The summed E-state index contributed by atoms with van der Waals surface area (Å²) in [6.45, 7) is 1.73. The maximum Gasteiger partial charge on any atom is 0.275 e. The summed E-state index contributed by atoms with van der Waals surface area (Å²) in [5.41, 5.74) is 1.62. The average Bonchev–Trinajstić information content (AvgIpc) is 2.43. The first-order valence-corrected chi connectivity index (χ1v) is 3.75. The number of aromatic nitrogens is 3. The summed E-state index contributed by atoms with van der Waals surface area (Å²) < 4.78 is 0. The molecule has 5 heteroatoms. The minimum Gasteiger partial charge on any atom is -0.352 e. The van der Waals surface area contributed by atoms with Crippen LogP contribution in [0.25, 0.3) is 11.0 Å². The zero-order chi connectivity index (χ0) is 9.42. The highest BCUT2D eigenvalue weighted by molar-refractivity contribution is 5.95. The first-order chi connectivity index (χ1) is 6.24. The molecular weight excluding hydrogens is 170 g/mol. The summed E-state index contributed by atoms with van der Waals surface area (Å²) in [7, 11) is 0. The summed E-state index contributed by atoms with van der Waals surface area (Å²) >= 11 is 0. The van der Waals surface area contributed by atoms with E-state index < -0.39 is 0 Å². The van der Waals surface area contributed by atoms with Crippen LogP contribution >= 0.6 is 0 Å². The van der Waals surface area contributed by atoms with Crippen molar-refractivity contribution >= 4 is 17.3 Å². The van der Waals surface area contributed by atoms with Crippen LogP contribution in [0.15, 0.2) is 11.1 Å². The number of fused-ring (bicyclic) bond motifs is 1. The van der Waals surface area contributed by atoms with Crippen molar-refractivity contribution in [2.75, 3.05) is 0 Å². The topological polar surface area (TPSA) is 78.6 Å². The van der Waals surface area contributed by atoms with Gasteiger partial charge in [-0.25, -0.2) is 4.98 Å². The molecule has 0 spiro atoms. The Morgan fingerprint density at radius 2 is 2.31 bits per heavy atom. The predicted octanol–water partition coefficient (Wildman–Crippen LogP) is 0.372. The fourth-order valence-electron chi connectivity index (χ4n) is 1.30. The fourth-order valence-corrected chi connectivity index (χ4v) is 1.30. The summed E-state index contributed by atoms with van der Waals surface area (Å²) in [5.74, 6) is 0. The van der Waals surface area contributed by atoms with Gasteiger partial charge in [-0.05, 0) is 6.92 Å². The number of aryl methyl sites for hydroxylation is 1. The lowest BCUT2D eigenvalue weighted by atomic mass is 10.2. The van der Waals surface area contributed by atoms with Crippen LogP contribution in [-0.2, 0) is 0 Å². The Bertz CT molecular complexity index is 524. The van der Waals surface area contributed by atoms with Gasteiger partial charge in [-0.3, -0.25) is 9.59 Å². The minimum atomic E-state index is -0.263. The Hall–Kier alpha value is -1.91. The fraction of sp³-hybridized carbons (Fsp3) is 0.125. The molecule has 0 aliphatic heterocycles. The maximum atomic E-state index is 11.2. The standard InChI is InChI=1S/C8H7N3O2/c1-4-5(2-12)6-7(11-4)8(13)10-3-9-6/h2-3,11H,1H3,(H,9,10,13). The molecule has 2 aromatic heterocycles. The molecule has 0 radical (unpaired) electrons. The number of hydrogen-bond donors (Lipinski definition) is 2. The number of nitrogens with one attached hydrogen (secondary N) is 2. The van der Waals surface area contributed by atoms with E-state index in [0.29, 0.717) is 28.6 Å². The monoisotopic (exact) mass is 177 g/mol. The molecule has 0 atom stereocenters. The van der Waals surface area contributed by atoms with E-state index in [-0.39, 0.29) is 5.56 Å². The number of hydrogen-bond acceptors (Lipinski definition) is 3. The molecule has 0 aliphatic rings. The zero-order valence-electron chi connectivity index (χ0n) is 6.92. The van der Waals surface area contributed by atoms with Crippen molar-refractivity contribution in [3.63, 3.8) is 0 Å². The molecule has 2 N–H and O–H groups in total. The Balaban J connectivity index is 3.02. The molecule has 0 aromatic carbocycles. The number of aromatic amines is 2. The second-order valence-corrected chi connectivity index (χ2v) is 2.74. The Morgan fingerprint density at radius 1 is 1.54 bits per heavy atom. The van der Waals surface area contributed by atoms with Crippen molar-refractivity contribution < 1.29 is 4.79 Å². The number of aldehydes is 1. The first-order valence-electron chi connectivity index (χ1n) is 3.75. The number of carbonyl (C=O) groups excluding carboxylic acids is 1. The molecular formula is C8H7N3O2. The summed E-state index contributed by atoms with van der Waals surface area (Å²) in [6, 6.07) is 0. The van der Waals surface area contributed by atoms with Gasteiger partial charge in [-0.2, -0.15) is 0 Å². The number of H-pyrrole nitrogens is 2. The van der Waals surface area contributed by atoms with E-state index in [0.717, 1.165) is 0 Å². The molecule has 2 aromatic rings. The van der Waals surface area contributed by atoms with Crippen LogP contribution in [0.3, 0.4) is 0 Å². The van der Waals surface area contributed by atoms with Crippen LogP contribution < -0.4 is 5.56 Å². The summed E-state index contributed by atoms with van der Waals surface area (Å²) in [5, 5.41) is 0. The van der Waals surface area contributed by atoms with Crippen LogP contribution in [0.2, 0.25) is 0 Å². The van der Waals surface area contributed by atoms with Gasteiger partial charge in [0.2, 0.25) is 0 Å². The lowest BCUT2D eigenvalue weighted by molar-refractivity contribution is 0.112. The van der Waals surface area contributed by atoms with Crippen LogP contribution in [0, 0.1) is 6.92 Å². The molecule has 0 amide bonds. The Morgan fingerprint density at radius 3 is 3.00 bits per heavy atom. The van der Waals surface area contributed by atoms with Crippen LogP contribution in [0.4, 0.5) is 0 Å². The second-order valence-electron chi connectivity index (χ2n) is 2.74. The molecule has 2 heterocycles. The van der Waals surface area contributed by atoms with E-state index in [4.69, 9.17) is 0 Å². The quantitative estimate of drug-likeness (QED) is 0.618. The van der Waals surface area contributed by atoms with Crippen molar-refractivity contribution in [2.24, 2.45) is 0 Å². The van der Waals surface area contributed by atoms with E-state index >= 15 is 0 Å². The number of rotatable bonds is 1. The van der Waals surface area contributed by atoms with Crippen molar-refractivity contribution in [3.05, 3.63) is 27.9 Å². The van der Waals surface area contributed by atoms with E-state index in [1.807, 2.05) is 0 Å². The van der Waals surface area contributed by atoms with Crippen molar-refractivity contribution in [3.8, 4) is 0 Å². The van der Waals surface area contributed by atoms with Gasteiger partial charge in [0.05, 0.1) is 11.9 Å². The molecule has 66 valence electrons. The van der Waals surface area contributed by atoms with E-state index in [1.54, 1.807) is 6.92 Å². The lowest BCUT2D eigenvalue weighted by Gasteiger charge is -1.86. The van der Waals surface area contributed by atoms with Crippen molar-refractivity contribution in [2.45, 2.75) is 6.92 Å². The van der Waals surface area contributed by atoms with Gasteiger partial charge < -0.3 is 9.97 Å². The largest absolute Gasteiger partial charge is 0.352 e. The molecule has 0 aliphatic carbocycles. The first kappa shape index (κ1) is 7.72. The number of carbonyl (C=O) groups is 1. The highest BCUT2D eigenvalue weighted by Crippen LogP contribution is 2.13. The molecule has 0 saturated carbocycles. The number of nitrogens with zero attached hydrogens (tertiary/aromatic N) is 1. The lowest BCUT2D eigenvalue weighted by Crippen LogP contribution is -2.05. The zero-order valence-corrected chi connectivity index (χ0v) is 6.92. The molecule has 0 bridgehead atoms. The van der Waals surface area contributed by atoms with Gasteiger partial charge in [0.15, 0.2) is 6.29 Å². The molecule has 0 fully saturated rings. The third kappa shape index (κ3) is 0.970. The highest BCUT2D eigenvalue weighted by atomic mass is 16.1. The molecule has 2 rings (SSSR count). The van der Waals surface area contributed by atoms with E-state index in [1.165, 1.54) is 6.33 Å². The minimum absolute atomic E-state index is 0.263. The van der Waals surface area contributed by atoms with Crippen LogP contribution in [0.5, 0.6) is 0 Å². The van der Waals surface area contributed by atoms with Crippen molar-refractivity contribution in [1.29, 1.82) is 0 Å². The van der Waals surface area contributed by atoms with E-state index in [2.05, 4.69) is 15.0 Å². The SMILES string of the molecule is Cc1[nH]c2c(=O)[nH]cnc2c1C=O. The smallest absolute Gasteiger partial charge is 0.275 e. The summed E-state index contributed by atoms with van der Waals surface area (Å²) in [6.07, 6.45) is 1.98. The Labute approximate surface area is 72.8 Å². The third-order valence-electron chi connectivity index (χ3n) is 1.94. The highest BCUT2D eigenvalue weighted by Gasteiger charge is 2.10.